The number of nitrogen functional groups attached to an aromatic ring is 1. The first-order valence-corrected chi connectivity index (χ1v) is 7.67. The topological polar surface area (TPSA) is 59.6 Å². The molecule has 0 radical (unpaired) electrons. The number of hydrogen-bond donors (Lipinski definition) is 2. The molecule has 1 heterocycles. The summed E-state index contributed by atoms with van der Waals surface area (Å²) in [5, 5.41) is 7.37. The molecule has 2 atom stereocenters. The maximum atomic E-state index is 6.13. The van der Waals surface area contributed by atoms with Gasteiger partial charge in [0.2, 0.25) is 4.77 Å². The maximum Gasteiger partial charge on any atom is 0.214 e. The highest BCUT2D eigenvalue weighted by Gasteiger charge is 2.62. The highest BCUT2D eigenvalue weighted by atomic mass is 32.1. The Labute approximate surface area is 118 Å². The summed E-state index contributed by atoms with van der Waals surface area (Å²) in [6.45, 7) is 4.93. The minimum Gasteiger partial charge on any atom is -0.335 e. The summed E-state index contributed by atoms with van der Waals surface area (Å²) in [7, 11) is 0. The van der Waals surface area contributed by atoms with Crippen molar-refractivity contribution >= 4 is 12.2 Å². The molecule has 4 aliphatic rings. The van der Waals surface area contributed by atoms with Gasteiger partial charge in [-0.3, -0.25) is 5.10 Å². The van der Waals surface area contributed by atoms with Gasteiger partial charge in [0.1, 0.15) is 0 Å². The van der Waals surface area contributed by atoms with Crippen LogP contribution in [0.25, 0.3) is 0 Å². The molecule has 0 amide bonds. The molecule has 19 heavy (non-hydrogen) atoms. The third kappa shape index (κ3) is 1.51. The van der Waals surface area contributed by atoms with Gasteiger partial charge in [0.15, 0.2) is 5.82 Å². The lowest BCUT2D eigenvalue weighted by molar-refractivity contribution is -0.113. The molecule has 1 aromatic heterocycles. The Bertz CT molecular complexity index is 583. The SMILES string of the molecule is CC12CC3CC(C)(C1)CC(c1n[nH]c(=S)n1N)(C3)C2. The van der Waals surface area contributed by atoms with Crippen LogP contribution in [0.3, 0.4) is 0 Å². The Balaban J connectivity index is 1.87. The number of nitrogens with two attached hydrogens (primary N) is 1. The van der Waals surface area contributed by atoms with E-state index in [-0.39, 0.29) is 5.41 Å². The molecule has 5 rings (SSSR count). The van der Waals surface area contributed by atoms with Crippen LogP contribution in [0.5, 0.6) is 0 Å². The Morgan fingerprint density at radius 1 is 1.21 bits per heavy atom. The highest BCUT2D eigenvalue weighted by molar-refractivity contribution is 7.71. The van der Waals surface area contributed by atoms with Gasteiger partial charge in [-0.25, -0.2) is 4.68 Å². The van der Waals surface area contributed by atoms with Crippen LogP contribution in [0.2, 0.25) is 0 Å². The van der Waals surface area contributed by atoms with E-state index in [9.17, 15) is 0 Å². The number of H-pyrrole nitrogens is 1. The smallest absolute Gasteiger partial charge is 0.214 e. The van der Waals surface area contributed by atoms with Crippen LogP contribution in [0.4, 0.5) is 0 Å². The summed E-state index contributed by atoms with van der Waals surface area (Å²) < 4.78 is 2.16. The van der Waals surface area contributed by atoms with Crippen molar-refractivity contribution in [3.63, 3.8) is 0 Å². The standard InChI is InChI=1S/C14H22N4S/c1-12-3-9-4-13(2,6-12)8-14(5-9,7-12)10-16-17-11(19)18(10)15/h9H,3-8,15H2,1-2H3,(H,17,19). The molecule has 2 unspecified atom stereocenters. The van der Waals surface area contributed by atoms with Gasteiger partial charge in [0, 0.05) is 5.41 Å². The Morgan fingerprint density at radius 3 is 2.32 bits per heavy atom. The average Bonchev–Trinajstić information content (AvgIpc) is 2.54. The van der Waals surface area contributed by atoms with E-state index >= 15 is 0 Å². The van der Waals surface area contributed by atoms with Crippen molar-refractivity contribution in [2.24, 2.45) is 16.7 Å². The largest absolute Gasteiger partial charge is 0.335 e. The van der Waals surface area contributed by atoms with Crippen LogP contribution in [-0.4, -0.2) is 14.9 Å². The molecule has 104 valence electrons. The number of aromatic amines is 1. The minimum absolute atomic E-state index is 0.158. The first kappa shape index (κ1) is 11.9. The van der Waals surface area contributed by atoms with Gasteiger partial charge < -0.3 is 5.84 Å². The number of rotatable bonds is 1. The second-order valence-corrected chi connectivity index (χ2v) is 8.52. The number of nitrogens with one attached hydrogen (secondary N) is 1. The molecule has 3 N–H and O–H groups in total. The molecular formula is C14H22N4S. The molecule has 0 aromatic carbocycles. The summed E-state index contributed by atoms with van der Waals surface area (Å²) in [4.78, 5) is 0. The van der Waals surface area contributed by atoms with Gasteiger partial charge in [-0.05, 0) is 67.5 Å². The van der Waals surface area contributed by atoms with E-state index in [1.165, 1.54) is 38.5 Å². The van der Waals surface area contributed by atoms with Crippen LogP contribution < -0.4 is 5.84 Å². The summed E-state index contributed by atoms with van der Waals surface area (Å²) in [5.41, 5.74) is 1.11. The molecule has 4 bridgehead atoms. The molecule has 0 spiro atoms. The van der Waals surface area contributed by atoms with Crippen LogP contribution in [0.15, 0.2) is 0 Å². The fraction of sp³-hybridized carbons (Fsp3) is 0.857. The number of aromatic nitrogens is 3. The first-order valence-electron chi connectivity index (χ1n) is 7.26. The van der Waals surface area contributed by atoms with Crippen molar-refractivity contribution in [1.82, 2.24) is 14.9 Å². The molecule has 4 aliphatic carbocycles. The summed E-state index contributed by atoms with van der Waals surface area (Å²) in [5.74, 6) is 7.97. The second-order valence-electron chi connectivity index (χ2n) is 8.13. The summed E-state index contributed by atoms with van der Waals surface area (Å²) in [6, 6.07) is 0. The number of nitrogens with zero attached hydrogens (tertiary/aromatic N) is 2. The zero-order valence-corrected chi connectivity index (χ0v) is 12.5. The molecule has 1 aromatic rings. The lowest BCUT2D eigenvalue weighted by atomic mass is 9.40. The van der Waals surface area contributed by atoms with Crippen molar-refractivity contribution in [3.8, 4) is 0 Å². The average molecular weight is 278 g/mol. The van der Waals surface area contributed by atoms with Gasteiger partial charge in [0.05, 0.1) is 0 Å². The monoisotopic (exact) mass is 278 g/mol. The van der Waals surface area contributed by atoms with Crippen LogP contribution in [0.1, 0.15) is 58.2 Å². The van der Waals surface area contributed by atoms with Crippen LogP contribution in [-0.2, 0) is 5.41 Å². The normalized spacial score (nSPS) is 47.8. The maximum absolute atomic E-state index is 6.13. The van der Waals surface area contributed by atoms with Crippen LogP contribution >= 0.6 is 12.2 Å². The quantitative estimate of drug-likeness (QED) is 0.613. The molecule has 5 heteroatoms. The van der Waals surface area contributed by atoms with E-state index in [1.807, 2.05) is 0 Å². The van der Waals surface area contributed by atoms with E-state index in [0.29, 0.717) is 15.6 Å². The highest BCUT2D eigenvalue weighted by Crippen LogP contribution is 2.69. The summed E-state index contributed by atoms with van der Waals surface area (Å²) in [6.07, 6.45) is 7.84. The Hall–Kier alpha value is -0.840. The predicted octanol–water partition coefficient (Wildman–Crippen LogP) is 2.90. The molecular weight excluding hydrogens is 256 g/mol. The minimum atomic E-state index is 0.158. The zero-order valence-electron chi connectivity index (χ0n) is 11.7. The van der Waals surface area contributed by atoms with E-state index in [4.69, 9.17) is 18.1 Å². The van der Waals surface area contributed by atoms with Crippen molar-refractivity contribution in [1.29, 1.82) is 0 Å². The van der Waals surface area contributed by atoms with Gasteiger partial charge in [-0.15, -0.1) is 0 Å². The van der Waals surface area contributed by atoms with E-state index < -0.39 is 0 Å². The molecule has 4 nitrogen and oxygen atoms in total. The summed E-state index contributed by atoms with van der Waals surface area (Å²) >= 11 is 5.20. The zero-order chi connectivity index (χ0) is 13.5. The lowest BCUT2D eigenvalue weighted by Crippen LogP contribution is -2.57. The van der Waals surface area contributed by atoms with Crippen molar-refractivity contribution in [2.45, 2.75) is 57.8 Å². The second kappa shape index (κ2) is 3.25. The van der Waals surface area contributed by atoms with E-state index in [0.717, 1.165) is 11.7 Å². The number of hydrogen-bond acceptors (Lipinski definition) is 3. The predicted molar refractivity (Wildman–Crippen MR) is 76.6 cm³/mol. The van der Waals surface area contributed by atoms with E-state index in [1.54, 1.807) is 4.68 Å². The van der Waals surface area contributed by atoms with Crippen molar-refractivity contribution in [3.05, 3.63) is 10.6 Å². The fourth-order valence-electron chi connectivity index (χ4n) is 6.38. The van der Waals surface area contributed by atoms with Crippen LogP contribution in [0, 0.1) is 21.5 Å². The van der Waals surface area contributed by atoms with Gasteiger partial charge >= 0.3 is 0 Å². The molecule has 4 saturated carbocycles. The molecule has 0 aliphatic heterocycles. The van der Waals surface area contributed by atoms with Crippen molar-refractivity contribution in [2.75, 3.05) is 5.84 Å². The third-order valence-electron chi connectivity index (χ3n) is 5.81. The Kier molecular flexibility index (Phi) is 2.04. The Morgan fingerprint density at radius 2 is 1.84 bits per heavy atom. The van der Waals surface area contributed by atoms with Gasteiger partial charge in [0.25, 0.3) is 0 Å². The van der Waals surface area contributed by atoms with Gasteiger partial charge in [-0.2, -0.15) is 5.10 Å². The van der Waals surface area contributed by atoms with E-state index in [2.05, 4.69) is 24.0 Å². The first-order chi connectivity index (χ1) is 8.83. The molecule has 0 saturated heterocycles. The lowest BCUT2D eigenvalue weighted by Gasteiger charge is -2.64. The van der Waals surface area contributed by atoms with Crippen molar-refractivity contribution < 1.29 is 0 Å². The fourth-order valence-corrected chi connectivity index (χ4v) is 6.51. The van der Waals surface area contributed by atoms with Gasteiger partial charge in [-0.1, -0.05) is 13.8 Å². The molecule has 4 fully saturated rings. The third-order valence-corrected chi connectivity index (χ3v) is 6.09.